The molecule has 2 aromatic heterocycles. The number of benzene rings is 3. The molecule has 34 heavy (non-hydrogen) atoms. The van der Waals surface area contributed by atoms with Gasteiger partial charge in [0.05, 0.1) is 12.8 Å². The van der Waals surface area contributed by atoms with Gasteiger partial charge in [-0.3, -0.25) is 10.1 Å². The summed E-state index contributed by atoms with van der Waals surface area (Å²) in [6, 6.07) is 23.0. The number of amides is 1. The molecule has 5 rings (SSSR count). The van der Waals surface area contributed by atoms with Gasteiger partial charge in [-0.2, -0.15) is 4.98 Å². The van der Waals surface area contributed by atoms with Crippen LogP contribution in [0.1, 0.15) is 11.1 Å². The van der Waals surface area contributed by atoms with Crippen molar-refractivity contribution in [2.75, 3.05) is 12.4 Å². The maximum atomic E-state index is 13.3. The minimum absolute atomic E-state index is 0.191. The first-order valence-electron chi connectivity index (χ1n) is 10.4. The van der Waals surface area contributed by atoms with Crippen molar-refractivity contribution in [3.8, 4) is 17.0 Å². The van der Waals surface area contributed by atoms with Crippen LogP contribution < -0.4 is 10.1 Å². The predicted molar refractivity (Wildman–Crippen MR) is 132 cm³/mol. The lowest BCUT2D eigenvalue weighted by molar-refractivity contribution is -0.111. The number of nitrogens with one attached hydrogen (secondary N) is 1. The molecular formula is C26H19FN4O2S. The average Bonchev–Trinajstić information content (AvgIpc) is 3.44. The smallest absolute Gasteiger partial charge is 0.258 e. The van der Waals surface area contributed by atoms with Gasteiger partial charge >= 0.3 is 0 Å². The average molecular weight is 471 g/mol. The largest absolute Gasteiger partial charge is 0.497 e. The van der Waals surface area contributed by atoms with Crippen LogP contribution in [0.2, 0.25) is 0 Å². The topological polar surface area (TPSA) is 68.5 Å². The third kappa shape index (κ3) is 4.44. The second-order valence-corrected chi connectivity index (χ2v) is 8.25. The minimum atomic E-state index is -0.330. The Hall–Kier alpha value is -4.30. The molecule has 0 aliphatic heterocycles. The second kappa shape index (κ2) is 9.29. The Bertz CT molecular complexity index is 1470. The summed E-state index contributed by atoms with van der Waals surface area (Å²) in [6.07, 6.45) is 1.81. The summed E-state index contributed by atoms with van der Waals surface area (Å²) in [6.45, 7) is 0. The summed E-state index contributed by atoms with van der Waals surface area (Å²) in [5.74, 6) is 0.293. The number of ether oxygens (including phenoxy) is 1. The van der Waals surface area contributed by atoms with Crippen molar-refractivity contribution in [2.45, 2.75) is 0 Å². The molecule has 3 aromatic carbocycles. The Labute approximate surface area is 199 Å². The van der Waals surface area contributed by atoms with E-state index in [1.54, 1.807) is 23.8 Å². The fraction of sp³-hybridized carbons (Fsp3) is 0.0385. The fourth-order valence-electron chi connectivity index (χ4n) is 3.49. The van der Waals surface area contributed by atoms with E-state index in [1.165, 1.54) is 23.5 Å². The number of carbonyl (C=O) groups excluding carboxylic acids is 1. The number of nitrogens with zero attached hydrogens (tertiary/aromatic N) is 3. The number of methoxy groups -OCH3 is 1. The van der Waals surface area contributed by atoms with Crippen molar-refractivity contribution in [3.05, 3.63) is 101 Å². The molecule has 0 unspecified atom stereocenters. The summed E-state index contributed by atoms with van der Waals surface area (Å²) in [5, 5.41) is 9.18. The Morgan fingerprint density at radius 2 is 1.76 bits per heavy atom. The van der Waals surface area contributed by atoms with Crippen LogP contribution in [0.5, 0.6) is 5.75 Å². The number of rotatable bonds is 6. The number of thiazole rings is 1. The van der Waals surface area contributed by atoms with Gasteiger partial charge in [-0.25, -0.2) is 8.91 Å². The molecule has 5 aromatic rings. The van der Waals surface area contributed by atoms with Gasteiger partial charge in [0.25, 0.3) is 11.9 Å². The van der Waals surface area contributed by atoms with E-state index in [0.717, 1.165) is 28.1 Å². The maximum absolute atomic E-state index is 13.3. The molecule has 0 atom stereocenters. The highest BCUT2D eigenvalue weighted by atomic mass is 32.1. The molecule has 0 aliphatic rings. The molecule has 0 saturated carbocycles. The van der Waals surface area contributed by atoms with E-state index >= 15 is 0 Å². The summed E-state index contributed by atoms with van der Waals surface area (Å²) in [4.78, 5) is 18.4. The SMILES string of the molecule is COc1ccc(/C=C(/C(=O)Nc2nc3scc(-c4ccc(F)cc4)n3n2)c2ccccc2)cc1. The van der Waals surface area contributed by atoms with Crippen LogP contribution in [0.3, 0.4) is 0 Å². The van der Waals surface area contributed by atoms with Gasteiger partial charge < -0.3 is 4.74 Å². The zero-order valence-electron chi connectivity index (χ0n) is 18.1. The number of carbonyl (C=O) groups is 1. The minimum Gasteiger partial charge on any atom is -0.497 e. The first kappa shape index (κ1) is 21.5. The Morgan fingerprint density at radius 3 is 2.47 bits per heavy atom. The maximum Gasteiger partial charge on any atom is 0.258 e. The fourth-order valence-corrected chi connectivity index (χ4v) is 4.32. The Morgan fingerprint density at radius 1 is 1.03 bits per heavy atom. The summed E-state index contributed by atoms with van der Waals surface area (Å²) in [7, 11) is 1.61. The molecule has 0 saturated heterocycles. The number of halogens is 1. The van der Waals surface area contributed by atoms with Crippen LogP contribution in [0.15, 0.2) is 84.2 Å². The molecule has 6 nitrogen and oxygen atoms in total. The van der Waals surface area contributed by atoms with Gasteiger partial charge in [-0.1, -0.05) is 42.5 Å². The van der Waals surface area contributed by atoms with Crippen molar-refractivity contribution in [3.63, 3.8) is 0 Å². The van der Waals surface area contributed by atoms with Gasteiger partial charge in [0.15, 0.2) is 0 Å². The van der Waals surface area contributed by atoms with Crippen LogP contribution in [-0.4, -0.2) is 27.6 Å². The van der Waals surface area contributed by atoms with Crippen LogP contribution in [0.4, 0.5) is 10.3 Å². The van der Waals surface area contributed by atoms with E-state index < -0.39 is 0 Å². The van der Waals surface area contributed by atoms with Crippen molar-refractivity contribution in [1.29, 1.82) is 0 Å². The van der Waals surface area contributed by atoms with E-state index in [2.05, 4.69) is 15.4 Å². The number of aromatic nitrogens is 3. The number of fused-ring (bicyclic) bond motifs is 1. The van der Waals surface area contributed by atoms with E-state index in [1.807, 2.05) is 66.1 Å². The lowest BCUT2D eigenvalue weighted by Gasteiger charge is -2.08. The number of hydrogen-bond acceptors (Lipinski definition) is 5. The second-order valence-electron chi connectivity index (χ2n) is 7.41. The van der Waals surface area contributed by atoms with Crippen molar-refractivity contribution < 1.29 is 13.9 Å². The Kier molecular flexibility index (Phi) is 5.88. The van der Waals surface area contributed by atoms with E-state index in [0.29, 0.717) is 10.5 Å². The van der Waals surface area contributed by atoms with Crippen LogP contribution >= 0.6 is 11.3 Å². The van der Waals surface area contributed by atoms with Gasteiger partial charge in [-0.05, 0) is 53.6 Å². The summed E-state index contributed by atoms with van der Waals surface area (Å²) >= 11 is 1.39. The highest BCUT2D eigenvalue weighted by Gasteiger charge is 2.17. The summed E-state index contributed by atoms with van der Waals surface area (Å²) < 4.78 is 20.2. The first-order chi connectivity index (χ1) is 16.6. The van der Waals surface area contributed by atoms with Crippen LogP contribution in [0.25, 0.3) is 27.9 Å². The zero-order chi connectivity index (χ0) is 23.5. The van der Waals surface area contributed by atoms with Gasteiger partial charge in [0, 0.05) is 16.5 Å². The molecule has 0 fully saturated rings. The molecule has 8 heteroatoms. The highest BCUT2D eigenvalue weighted by Crippen LogP contribution is 2.27. The zero-order valence-corrected chi connectivity index (χ0v) is 18.9. The van der Waals surface area contributed by atoms with E-state index in [9.17, 15) is 9.18 Å². The third-order valence-electron chi connectivity index (χ3n) is 5.20. The predicted octanol–water partition coefficient (Wildman–Crippen LogP) is 5.78. The molecule has 1 N–H and O–H groups in total. The molecule has 0 bridgehead atoms. The van der Waals surface area contributed by atoms with Crippen molar-refractivity contribution >= 4 is 39.8 Å². The molecule has 0 spiro atoms. The first-order valence-corrected chi connectivity index (χ1v) is 11.3. The Balaban J connectivity index is 1.46. The lowest BCUT2D eigenvalue weighted by Crippen LogP contribution is -2.15. The van der Waals surface area contributed by atoms with Crippen molar-refractivity contribution in [1.82, 2.24) is 14.6 Å². The van der Waals surface area contributed by atoms with Gasteiger partial charge in [0.1, 0.15) is 11.6 Å². The molecular weight excluding hydrogens is 451 g/mol. The van der Waals surface area contributed by atoms with E-state index in [4.69, 9.17) is 4.74 Å². The quantitative estimate of drug-likeness (QED) is 0.252. The monoisotopic (exact) mass is 470 g/mol. The molecule has 168 valence electrons. The standard InChI is InChI=1S/C26H19FN4O2S/c1-33-21-13-7-17(8-14-21)15-22(18-5-3-2-4-6-18)24(32)28-25-29-26-31(30-25)23(16-34-26)19-9-11-20(27)12-10-19/h2-16H,1H3,(H,28,30,32)/b22-15+. The van der Waals surface area contributed by atoms with E-state index in [-0.39, 0.29) is 17.7 Å². The van der Waals surface area contributed by atoms with Crippen LogP contribution in [0, 0.1) is 5.82 Å². The lowest BCUT2D eigenvalue weighted by atomic mass is 10.0. The van der Waals surface area contributed by atoms with Gasteiger partial charge in [0.2, 0.25) is 4.96 Å². The molecule has 0 aliphatic carbocycles. The van der Waals surface area contributed by atoms with Crippen molar-refractivity contribution in [2.24, 2.45) is 0 Å². The van der Waals surface area contributed by atoms with Crippen LogP contribution in [-0.2, 0) is 4.79 Å². The molecule has 2 heterocycles. The number of hydrogen-bond donors (Lipinski definition) is 1. The summed E-state index contributed by atoms with van der Waals surface area (Å²) in [5.41, 5.74) is 3.67. The number of anilines is 1. The normalized spacial score (nSPS) is 11.5. The molecule has 1 amide bonds. The highest BCUT2D eigenvalue weighted by molar-refractivity contribution is 7.15. The molecule has 0 radical (unpaired) electrons. The third-order valence-corrected chi connectivity index (χ3v) is 6.02. The van der Waals surface area contributed by atoms with Gasteiger partial charge in [-0.15, -0.1) is 16.4 Å².